The van der Waals surface area contributed by atoms with Crippen molar-refractivity contribution in [2.75, 3.05) is 26.2 Å². The van der Waals surface area contributed by atoms with Crippen molar-refractivity contribution < 1.29 is 32.9 Å². The zero-order valence-electron chi connectivity index (χ0n) is 21.7. The number of allylic oxidation sites excluding steroid dienone is 1. The molecule has 39 heavy (non-hydrogen) atoms. The van der Waals surface area contributed by atoms with E-state index in [1.54, 1.807) is 36.4 Å². The Labute approximate surface area is 226 Å². The minimum Gasteiger partial charge on any atom is -0.508 e. The van der Waals surface area contributed by atoms with Gasteiger partial charge in [0.25, 0.3) is 0 Å². The number of benzene rings is 3. The van der Waals surface area contributed by atoms with Gasteiger partial charge in [-0.15, -0.1) is 0 Å². The lowest BCUT2D eigenvalue weighted by atomic mass is 9.86. The topological polar surface area (TPSA) is 62.2 Å². The van der Waals surface area contributed by atoms with Crippen LogP contribution in [-0.4, -0.2) is 47.5 Å². The molecule has 0 saturated carbocycles. The van der Waals surface area contributed by atoms with Crippen molar-refractivity contribution in [3.8, 4) is 23.0 Å². The molecule has 0 radical (unpaired) electrons. The van der Waals surface area contributed by atoms with Crippen LogP contribution in [0.25, 0.3) is 11.1 Å². The molecule has 0 spiro atoms. The Morgan fingerprint density at radius 3 is 2.51 bits per heavy atom. The summed E-state index contributed by atoms with van der Waals surface area (Å²) in [6.07, 6.45) is -4.25. The molecule has 3 aromatic carbocycles. The Bertz CT molecular complexity index is 1340. The molecule has 1 unspecified atom stereocenters. The summed E-state index contributed by atoms with van der Waals surface area (Å²) in [5.74, 6) is 1.76. The molecule has 206 valence electrons. The van der Waals surface area contributed by atoms with E-state index in [0.717, 1.165) is 40.8 Å². The van der Waals surface area contributed by atoms with Gasteiger partial charge in [-0.25, -0.2) is 0 Å². The van der Waals surface area contributed by atoms with Gasteiger partial charge in [-0.3, -0.25) is 4.90 Å². The van der Waals surface area contributed by atoms with Crippen molar-refractivity contribution in [1.82, 2.24) is 4.90 Å². The molecule has 2 N–H and O–H groups in total. The summed E-state index contributed by atoms with van der Waals surface area (Å²) in [5.41, 5.74) is 4.37. The number of ether oxygens (including phenoxy) is 2. The molecule has 3 aromatic rings. The number of hydrogen-bond acceptors (Lipinski definition) is 5. The van der Waals surface area contributed by atoms with Gasteiger partial charge in [-0.1, -0.05) is 24.3 Å². The quantitative estimate of drug-likeness (QED) is 0.317. The molecule has 2 aliphatic heterocycles. The summed E-state index contributed by atoms with van der Waals surface area (Å²) < 4.78 is 49.9. The number of rotatable bonds is 8. The normalized spacial score (nSPS) is 19.6. The van der Waals surface area contributed by atoms with Crippen LogP contribution in [0.1, 0.15) is 49.0 Å². The summed E-state index contributed by atoms with van der Waals surface area (Å²) in [5, 5.41) is 20.2. The number of alkyl halides is 3. The number of fused-ring (bicyclic) bond motifs is 1. The van der Waals surface area contributed by atoms with Gasteiger partial charge in [-0.05, 0) is 91.4 Å². The third-order valence-electron chi connectivity index (χ3n) is 7.50. The molecule has 1 fully saturated rings. The third-order valence-corrected chi connectivity index (χ3v) is 7.50. The maximum Gasteiger partial charge on any atom is 0.389 e. The molecular weight excluding hydrogens is 507 g/mol. The fourth-order valence-corrected chi connectivity index (χ4v) is 5.47. The molecule has 0 amide bonds. The largest absolute Gasteiger partial charge is 0.508 e. The first kappa shape index (κ1) is 26.9. The number of hydrogen-bond donors (Lipinski definition) is 2. The smallest absolute Gasteiger partial charge is 0.389 e. The fourth-order valence-electron chi connectivity index (χ4n) is 5.47. The predicted molar refractivity (Wildman–Crippen MR) is 144 cm³/mol. The number of likely N-dealkylation sites (tertiary alicyclic amines) is 1. The minimum absolute atomic E-state index is 0.0905. The van der Waals surface area contributed by atoms with Gasteiger partial charge in [0.05, 0.1) is 0 Å². The summed E-state index contributed by atoms with van der Waals surface area (Å²) in [7, 11) is 0. The van der Waals surface area contributed by atoms with E-state index in [1.165, 1.54) is 0 Å². The van der Waals surface area contributed by atoms with Gasteiger partial charge in [0.15, 0.2) is 0 Å². The van der Waals surface area contributed by atoms with Crippen molar-refractivity contribution >= 4 is 11.1 Å². The van der Waals surface area contributed by atoms with Crippen molar-refractivity contribution in [3.63, 3.8) is 0 Å². The minimum atomic E-state index is -4.09. The number of aromatic hydroxyl groups is 2. The second-order valence-corrected chi connectivity index (χ2v) is 10.3. The van der Waals surface area contributed by atoms with Crippen LogP contribution in [0.15, 0.2) is 66.7 Å². The van der Waals surface area contributed by atoms with Gasteiger partial charge in [-0.2, -0.15) is 13.2 Å². The molecule has 1 saturated heterocycles. The van der Waals surface area contributed by atoms with Crippen molar-refractivity contribution in [3.05, 3.63) is 83.4 Å². The Morgan fingerprint density at radius 2 is 1.77 bits per heavy atom. The maximum atomic E-state index is 12.5. The van der Waals surface area contributed by atoms with Crippen LogP contribution in [0, 0.1) is 5.92 Å². The lowest BCUT2D eigenvalue weighted by Gasteiger charge is -2.31. The first-order valence-corrected chi connectivity index (χ1v) is 13.2. The Morgan fingerprint density at radius 1 is 1.00 bits per heavy atom. The molecular formula is C31H32F3NO4. The fraction of sp³-hybridized carbons (Fsp3) is 0.355. The first-order valence-electron chi connectivity index (χ1n) is 13.2. The van der Waals surface area contributed by atoms with E-state index < -0.39 is 18.7 Å². The lowest BCUT2D eigenvalue weighted by Crippen LogP contribution is -2.26. The molecule has 5 nitrogen and oxygen atoms in total. The summed E-state index contributed by atoms with van der Waals surface area (Å²) >= 11 is 0. The molecule has 8 heteroatoms. The average Bonchev–Trinajstić information content (AvgIpc) is 3.36. The van der Waals surface area contributed by atoms with Crippen molar-refractivity contribution in [2.24, 2.45) is 5.92 Å². The van der Waals surface area contributed by atoms with Crippen LogP contribution in [0.5, 0.6) is 23.0 Å². The second-order valence-electron chi connectivity index (χ2n) is 10.3. The highest BCUT2D eigenvalue weighted by Crippen LogP contribution is 2.47. The molecule has 2 heterocycles. The summed E-state index contributed by atoms with van der Waals surface area (Å²) in [6, 6.07) is 19.7. The summed E-state index contributed by atoms with van der Waals surface area (Å²) in [6.45, 7) is 4.59. The Hall–Kier alpha value is -3.65. The van der Waals surface area contributed by atoms with Crippen molar-refractivity contribution in [1.29, 1.82) is 0 Å². The maximum absolute atomic E-state index is 12.5. The van der Waals surface area contributed by atoms with Gasteiger partial charge >= 0.3 is 6.18 Å². The number of nitrogens with zero attached hydrogens (tertiary/aromatic N) is 1. The van der Waals surface area contributed by atoms with E-state index >= 15 is 0 Å². The molecule has 2 atom stereocenters. The first-order chi connectivity index (χ1) is 18.7. The van der Waals surface area contributed by atoms with Crippen LogP contribution < -0.4 is 9.47 Å². The van der Waals surface area contributed by atoms with Crippen LogP contribution in [0.3, 0.4) is 0 Å². The standard InChI is InChI=1S/C31H32F3NO4/c1-20-27-18-25(37)7-10-28(27)39-30(29(20)23-3-2-4-24(36)17-23)22-5-8-26(9-6-22)38-16-15-35-14-12-21(19-35)11-13-31(32,33)34/h2-10,17-18,21,30,36-37H,11-16,19H2,1H3/t21-,30?/m1/s1. The van der Waals surface area contributed by atoms with Crippen LogP contribution in [0.4, 0.5) is 13.2 Å². The highest BCUT2D eigenvalue weighted by atomic mass is 19.4. The van der Waals surface area contributed by atoms with Gasteiger partial charge in [0.2, 0.25) is 0 Å². The zero-order valence-corrected chi connectivity index (χ0v) is 21.7. The van der Waals surface area contributed by atoms with Gasteiger partial charge in [0.1, 0.15) is 35.7 Å². The SMILES string of the molecule is CC1=C(c2cccc(O)c2)C(c2ccc(OCCN3CC[C@@H](CCC(F)(F)F)C3)cc2)Oc2ccc(O)cc21. The second kappa shape index (κ2) is 11.2. The van der Waals surface area contributed by atoms with E-state index in [4.69, 9.17) is 9.47 Å². The van der Waals surface area contributed by atoms with E-state index in [0.29, 0.717) is 31.2 Å². The van der Waals surface area contributed by atoms with E-state index in [-0.39, 0.29) is 23.8 Å². The van der Waals surface area contributed by atoms with Crippen LogP contribution in [-0.2, 0) is 0 Å². The number of halogens is 3. The van der Waals surface area contributed by atoms with Gasteiger partial charge in [0, 0.05) is 30.6 Å². The van der Waals surface area contributed by atoms with Crippen LogP contribution >= 0.6 is 0 Å². The number of phenolic OH excluding ortho intramolecular Hbond substituents is 2. The molecule has 0 aromatic heterocycles. The van der Waals surface area contributed by atoms with Crippen molar-refractivity contribution in [2.45, 2.75) is 38.5 Å². The Balaban J connectivity index is 1.26. The van der Waals surface area contributed by atoms with E-state index in [2.05, 4.69) is 4.90 Å². The van der Waals surface area contributed by atoms with E-state index in [9.17, 15) is 23.4 Å². The summed E-state index contributed by atoms with van der Waals surface area (Å²) in [4.78, 5) is 2.16. The highest BCUT2D eigenvalue weighted by molar-refractivity contribution is 5.95. The third kappa shape index (κ3) is 6.50. The van der Waals surface area contributed by atoms with Crippen LogP contribution in [0.2, 0.25) is 0 Å². The monoisotopic (exact) mass is 539 g/mol. The molecule has 2 aliphatic rings. The molecule has 0 aliphatic carbocycles. The highest BCUT2D eigenvalue weighted by Gasteiger charge is 2.31. The average molecular weight is 540 g/mol. The van der Waals surface area contributed by atoms with E-state index in [1.807, 2.05) is 37.3 Å². The zero-order chi connectivity index (χ0) is 27.6. The molecule has 5 rings (SSSR count). The lowest BCUT2D eigenvalue weighted by molar-refractivity contribution is -0.137. The Kier molecular flexibility index (Phi) is 7.75. The predicted octanol–water partition coefficient (Wildman–Crippen LogP) is 7.21. The molecule has 0 bridgehead atoms. The van der Waals surface area contributed by atoms with Gasteiger partial charge < -0.3 is 19.7 Å². The number of phenols is 2.